The molecule has 0 aromatic carbocycles. The highest BCUT2D eigenvalue weighted by atomic mass is 16.1. The Kier molecular flexibility index (Phi) is 3.28. The summed E-state index contributed by atoms with van der Waals surface area (Å²) in [5, 5.41) is 0. The van der Waals surface area contributed by atoms with E-state index in [2.05, 4.69) is 26.5 Å². The summed E-state index contributed by atoms with van der Waals surface area (Å²) in [5.41, 5.74) is 4.19. The first kappa shape index (κ1) is 10.2. The van der Waals surface area contributed by atoms with Gasteiger partial charge in [-0.25, -0.2) is 0 Å². The highest BCUT2D eigenvalue weighted by Gasteiger charge is 2.11. The van der Waals surface area contributed by atoms with E-state index in [1.54, 1.807) is 0 Å². The standard InChI is InChI=1S/C10H16O/c1-8(10(3,4)5)6-7-9(2)11/h7H,1-5H3. The third kappa shape index (κ3) is 4.58. The van der Waals surface area contributed by atoms with Crippen molar-refractivity contribution < 1.29 is 4.79 Å². The zero-order valence-corrected chi connectivity index (χ0v) is 7.99. The zero-order valence-electron chi connectivity index (χ0n) is 7.99. The molecule has 0 spiro atoms. The molecule has 11 heavy (non-hydrogen) atoms. The van der Waals surface area contributed by atoms with E-state index in [4.69, 9.17) is 0 Å². The van der Waals surface area contributed by atoms with Crippen molar-refractivity contribution in [1.29, 1.82) is 0 Å². The van der Waals surface area contributed by atoms with Crippen LogP contribution in [0.1, 0.15) is 34.6 Å². The predicted molar refractivity (Wildman–Crippen MR) is 47.4 cm³/mol. The highest BCUT2D eigenvalue weighted by molar-refractivity contribution is 5.87. The first-order chi connectivity index (χ1) is 4.84. The van der Waals surface area contributed by atoms with Crippen LogP contribution in [0.4, 0.5) is 0 Å². The van der Waals surface area contributed by atoms with Crippen LogP contribution >= 0.6 is 0 Å². The number of ketones is 1. The van der Waals surface area contributed by atoms with Crippen molar-refractivity contribution in [3.05, 3.63) is 17.4 Å². The molecule has 1 heteroatoms. The number of carbonyl (C=O) groups is 1. The zero-order chi connectivity index (χ0) is 9.07. The number of carbonyl (C=O) groups excluding carboxylic acids is 1. The maximum atomic E-state index is 10.5. The molecule has 0 bridgehead atoms. The second kappa shape index (κ2) is 3.54. The van der Waals surface area contributed by atoms with Gasteiger partial charge in [0.2, 0.25) is 0 Å². The minimum atomic E-state index is 0.0496. The van der Waals surface area contributed by atoms with Crippen LogP contribution in [0.2, 0.25) is 0 Å². The topological polar surface area (TPSA) is 17.1 Å². The van der Waals surface area contributed by atoms with E-state index in [-0.39, 0.29) is 11.2 Å². The van der Waals surface area contributed by atoms with Crippen LogP contribution in [-0.2, 0) is 4.79 Å². The van der Waals surface area contributed by atoms with E-state index in [0.29, 0.717) is 0 Å². The largest absolute Gasteiger partial charge is 0.294 e. The van der Waals surface area contributed by atoms with Gasteiger partial charge >= 0.3 is 0 Å². The summed E-state index contributed by atoms with van der Waals surface area (Å²) >= 11 is 0. The third-order valence-corrected chi connectivity index (χ3v) is 1.62. The van der Waals surface area contributed by atoms with Gasteiger partial charge in [-0.15, -0.1) is 5.73 Å². The summed E-state index contributed by atoms with van der Waals surface area (Å²) in [6.45, 7) is 9.82. The Bertz CT molecular complexity index is 210. The lowest BCUT2D eigenvalue weighted by molar-refractivity contribution is -0.112. The Balaban J connectivity index is 4.60. The first-order valence-corrected chi connectivity index (χ1v) is 3.78. The van der Waals surface area contributed by atoms with E-state index < -0.39 is 0 Å². The van der Waals surface area contributed by atoms with Crippen molar-refractivity contribution in [2.75, 3.05) is 0 Å². The summed E-state index contributed by atoms with van der Waals surface area (Å²) in [5.74, 6) is 0.0496. The smallest absolute Gasteiger partial charge is 0.160 e. The molecule has 0 unspecified atom stereocenters. The van der Waals surface area contributed by atoms with Crippen molar-refractivity contribution in [2.24, 2.45) is 5.41 Å². The van der Waals surface area contributed by atoms with Gasteiger partial charge in [0, 0.05) is 6.08 Å². The molecule has 0 aliphatic heterocycles. The quantitative estimate of drug-likeness (QED) is 0.417. The molecule has 0 aromatic heterocycles. The molecule has 0 aliphatic rings. The van der Waals surface area contributed by atoms with Crippen molar-refractivity contribution in [3.8, 4) is 0 Å². The average molecular weight is 152 g/mol. The lowest BCUT2D eigenvalue weighted by atomic mass is 9.88. The van der Waals surface area contributed by atoms with Gasteiger partial charge in [0.15, 0.2) is 5.78 Å². The number of allylic oxidation sites excluding steroid dienone is 1. The summed E-state index contributed by atoms with van der Waals surface area (Å²) in [6, 6.07) is 0. The van der Waals surface area contributed by atoms with Crippen molar-refractivity contribution in [1.82, 2.24) is 0 Å². The molecule has 0 rings (SSSR count). The molecule has 0 N–H and O–H groups in total. The van der Waals surface area contributed by atoms with Gasteiger partial charge in [-0.2, -0.15) is 0 Å². The maximum Gasteiger partial charge on any atom is 0.160 e. The van der Waals surface area contributed by atoms with Crippen LogP contribution in [0.5, 0.6) is 0 Å². The monoisotopic (exact) mass is 152 g/mol. The fourth-order valence-corrected chi connectivity index (χ4v) is 0.426. The van der Waals surface area contributed by atoms with Crippen LogP contribution in [0.25, 0.3) is 0 Å². The van der Waals surface area contributed by atoms with Gasteiger partial charge in [0.1, 0.15) is 0 Å². The van der Waals surface area contributed by atoms with Crippen molar-refractivity contribution in [2.45, 2.75) is 34.6 Å². The molecule has 1 nitrogen and oxygen atoms in total. The van der Waals surface area contributed by atoms with E-state index in [9.17, 15) is 4.79 Å². The van der Waals surface area contributed by atoms with Crippen LogP contribution in [0.15, 0.2) is 17.4 Å². The molecule has 0 radical (unpaired) electrons. The number of hydrogen-bond acceptors (Lipinski definition) is 1. The Labute approximate surface area is 68.8 Å². The molecule has 0 fully saturated rings. The molecule has 62 valence electrons. The van der Waals surface area contributed by atoms with Crippen LogP contribution in [0.3, 0.4) is 0 Å². The van der Waals surface area contributed by atoms with Crippen LogP contribution < -0.4 is 0 Å². The van der Waals surface area contributed by atoms with E-state index >= 15 is 0 Å². The average Bonchev–Trinajstić information content (AvgIpc) is 1.80. The van der Waals surface area contributed by atoms with Crippen LogP contribution in [-0.4, -0.2) is 5.78 Å². The molecule has 0 aromatic rings. The van der Waals surface area contributed by atoms with Gasteiger partial charge in [-0.1, -0.05) is 20.8 Å². The van der Waals surface area contributed by atoms with Gasteiger partial charge in [0.25, 0.3) is 0 Å². The van der Waals surface area contributed by atoms with Gasteiger partial charge in [-0.05, 0) is 24.8 Å². The lowest BCUT2D eigenvalue weighted by Gasteiger charge is -2.16. The Hall–Kier alpha value is -0.810. The fourth-order valence-electron chi connectivity index (χ4n) is 0.426. The van der Waals surface area contributed by atoms with E-state index in [0.717, 1.165) is 5.57 Å². The Morgan fingerprint density at radius 1 is 1.27 bits per heavy atom. The summed E-state index contributed by atoms with van der Waals surface area (Å²) in [7, 11) is 0. The Morgan fingerprint density at radius 2 is 1.73 bits per heavy atom. The summed E-state index contributed by atoms with van der Waals surface area (Å²) in [6.07, 6.45) is 1.49. The second-order valence-electron chi connectivity index (χ2n) is 3.77. The van der Waals surface area contributed by atoms with Gasteiger partial charge < -0.3 is 0 Å². The van der Waals surface area contributed by atoms with Gasteiger partial charge in [0.05, 0.1) is 0 Å². The molecule has 0 aliphatic carbocycles. The number of rotatable bonds is 1. The SMILES string of the molecule is CC(=O)C=C=C(C)C(C)(C)C. The summed E-state index contributed by atoms with van der Waals surface area (Å²) in [4.78, 5) is 10.5. The Morgan fingerprint density at radius 3 is 2.00 bits per heavy atom. The minimum Gasteiger partial charge on any atom is -0.294 e. The minimum absolute atomic E-state index is 0.0496. The third-order valence-electron chi connectivity index (χ3n) is 1.62. The maximum absolute atomic E-state index is 10.5. The molecule has 0 atom stereocenters. The summed E-state index contributed by atoms with van der Waals surface area (Å²) < 4.78 is 0. The van der Waals surface area contributed by atoms with E-state index in [1.165, 1.54) is 13.0 Å². The molecular weight excluding hydrogens is 136 g/mol. The van der Waals surface area contributed by atoms with E-state index in [1.807, 2.05) is 6.92 Å². The molecular formula is C10H16O. The van der Waals surface area contributed by atoms with Crippen molar-refractivity contribution >= 4 is 5.78 Å². The van der Waals surface area contributed by atoms with Gasteiger partial charge in [-0.3, -0.25) is 4.79 Å². The molecule has 0 amide bonds. The first-order valence-electron chi connectivity index (χ1n) is 3.78. The second-order valence-corrected chi connectivity index (χ2v) is 3.77. The number of hydrogen-bond donors (Lipinski definition) is 0. The molecule has 0 heterocycles. The predicted octanol–water partition coefficient (Wildman–Crippen LogP) is 2.72. The van der Waals surface area contributed by atoms with Crippen molar-refractivity contribution in [3.63, 3.8) is 0 Å². The fraction of sp³-hybridized carbons (Fsp3) is 0.600. The normalized spacial score (nSPS) is 10.3. The van der Waals surface area contributed by atoms with Crippen LogP contribution in [0, 0.1) is 5.41 Å². The lowest BCUT2D eigenvalue weighted by Crippen LogP contribution is -2.05. The molecule has 0 saturated carbocycles. The molecule has 0 saturated heterocycles. The highest BCUT2D eigenvalue weighted by Crippen LogP contribution is 2.22.